The SMILES string of the molecule is [2H][13CH2]C(O)(C(=O)O)C(=O)C([2H])([2H])[2H]. The summed E-state index contributed by atoms with van der Waals surface area (Å²) < 4.78 is 26.3. The summed E-state index contributed by atoms with van der Waals surface area (Å²) in [6.07, 6.45) is 0. The van der Waals surface area contributed by atoms with Gasteiger partial charge >= 0.3 is 5.97 Å². The zero-order chi connectivity index (χ0) is 10.9. The van der Waals surface area contributed by atoms with Gasteiger partial charge in [0.05, 0.1) is 0 Å². The number of Topliss-reactive ketones (excluding diaryl/α,β-unsaturated/α-hetero) is 1. The highest BCUT2D eigenvalue weighted by molar-refractivity contribution is 6.04. The first-order valence-corrected chi connectivity index (χ1v) is 1.96. The fourth-order valence-corrected chi connectivity index (χ4v) is 0.0971. The highest BCUT2D eigenvalue weighted by atomic mass is 16.4. The van der Waals surface area contributed by atoms with Crippen LogP contribution in [0.25, 0.3) is 0 Å². The number of aliphatic carboxylic acids is 1. The molecule has 0 aromatic carbocycles. The van der Waals surface area contributed by atoms with Gasteiger partial charge in [-0.3, -0.25) is 4.79 Å². The summed E-state index contributed by atoms with van der Waals surface area (Å²) >= 11 is 0. The molecule has 0 bridgehead atoms. The van der Waals surface area contributed by atoms with E-state index >= 15 is 0 Å². The first kappa shape index (κ1) is 3.31. The summed E-state index contributed by atoms with van der Waals surface area (Å²) in [6, 6.07) is 0. The van der Waals surface area contributed by atoms with Crippen LogP contribution in [-0.2, 0) is 9.59 Å². The molecule has 0 aromatic rings. The second-order valence-electron chi connectivity index (χ2n) is 1.49. The molecule has 4 nitrogen and oxygen atoms in total. The molecule has 52 valence electrons. The molecule has 0 radical (unpaired) electrons. The Bertz CT molecular complexity index is 235. The largest absolute Gasteiger partial charge is 0.479 e. The van der Waals surface area contributed by atoms with Crippen LogP contribution in [0.5, 0.6) is 0 Å². The molecule has 0 aliphatic heterocycles. The maximum atomic E-state index is 10.8. The number of carbonyl (C=O) groups excluding carboxylic acids is 1. The van der Waals surface area contributed by atoms with E-state index in [1.807, 2.05) is 0 Å². The lowest BCUT2D eigenvalue weighted by Crippen LogP contribution is -2.41. The summed E-state index contributed by atoms with van der Waals surface area (Å²) in [6.45, 7) is -4.44. The first-order valence-electron chi connectivity index (χ1n) is 4.17. The fraction of sp³-hybridized carbons (Fsp3) is 0.600. The van der Waals surface area contributed by atoms with Crippen molar-refractivity contribution in [2.45, 2.75) is 19.4 Å². The van der Waals surface area contributed by atoms with Gasteiger partial charge in [0.25, 0.3) is 0 Å². The molecule has 1 atom stereocenters. The molecule has 2 N–H and O–H groups in total. The average Bonchev–Trinajstić information content (AvgIpc) is 1.99. The van der Waals surface area contributed by atoms with Crippen LogP contribution in [0.2, 0.25) is 0 Å². The monoisotopic (exact) mass is 137 g/mol. The van der Waals surface area contributed by atoms with Crippen molar-refractivity contribution in [1.82, 2.24) is 0 Å². The average molecular weight is 137 g/mol. The van der Waals surface area contributed by atoms with Crippen molar-refractivity contribution in [2.75, 3.05) is 0 Å². The van der Waals surface area contributed by atoms with E-state index in [4.69, 9.17) is 15.7 Å². The number of carboxylic acids is 1. The summed E-state index contributed by atoms with van der Waals surface area (Å²) in [5.74, 6) is -3.87. The van der Waals surface area contributed by atoms with Crippen molar-refractivity contribution in [3.05, 3.63) is 0 Å². The van der Waals surface area contributed by atoms with E-state index in [-0.39, 0.29) is 0 Å². The van der Waals surface area contributed by atoms with Gasteiger partial charge in [-0.25, -0.2) is 4.79 Å². The topological polar surface area (TPSA) is 74.6 Å². The zero-order valence-corrected chi connectivity index (χ0v) is 4.42. The lowest BCUT2D eigenvalue weighted by atomic mass is 10.1. The molecule has 0 aromatic heterocycles. The van der Waals surface area contributed by atoms with Crippen LogP contribution in [0, 0.1) is 0 Å². The number of carboxylic acid groups (broad SMARTS) is 1. The Morgan fingerprint density at radius 3 is 2.33 bits per heavy atom. The third kappa shape index (κ3) is 1.50. The standard InChI is InChI=1S/C5H8O4/c1-3(6)5(2,9)4(7)8/h9H,1-2H3,(H,7,8)/i1D3,2+1D. The zero-order valence-electron chi connectivity index (χ0n) is 8.42. The Hall–Kier alpha value is -0.900. The van der Waals surface area contributed by atoms with Gasteiger partial charge in [0.2, 0.25) is 5.60 Å². The Labute approximate surface area is 57.7 Å². The first-order chi connectivity index (χ1) is 5.66. The van der Waals surface area contributed by atoms with Crippen LogP contribution < -0.4 is 0 Å². The molecule has 0 saturated carbocycles. The molecule has 0 fully saturated rings. The van der Waals surface area contributed by atoms with Gasteiger partial charge in [0.15, 0.2) is 5.78 Å². The van der Waals surface area contributed by atoms with Crippen molar-refractivity contribution < 1.29 is 25.3 Å². The molecule has 9 heavy (non-hydrogen) atoms. The van der Waals surface area contributed by atoms with Crippen molar-refractivity contribution in [1.29, 1.82) is 0 Å². The summed E-state index contributed by atoms with van der Waals surface area (Å²) in [5, 5.41) is 17.3. The van der Waals surface area contributed by atoms with Crippen LogP contribution >= 0.6 is 0 Å². The highest BCUT2D eigenvalue weighted by Crippen LogP contribution is 2.03. The second kappa shape index (κ2) is 2.14. The number of ketones is 1. The van der Waals surface area contributed by atoms with Gasteiger partial charge < -0.3 is 10.2 Å². The van der Waals surface area contributed by atoms with Gasteiger partial charge in [-0.1, -0.05) is 0 Å². The van der Waals surface area contributed by atoms with Crippen molar-refractivity contribution in [2.24, 2.45) is 0 Å². The van der Waals surface area contributed by atoms with E-state index in [1.54, 1.807) is 0 Å². The molecule has 4 heteroatoms. The minimum Gasteiger partial charge on any atom is -0.479 e. The number of aliphatic hydroxyl groups is 1. The Morgan fingerprint density at radius 2 is 2.22 bits per heavy atom. The molecule has 0 heterocycles. The molecule has 0 aliphatic rings. The normalized spacial score (nSPS) is 24.1. The number of carbonyl (C=O) groups is 2. The highest BCUT2D eigenvalue weighted by Gasteiger charge is 2.35. The van der Waals surface area contributed by atoms with Crippen LogP contribution in [0.3, 0.4) is 0 Å². The van der Waals surface area contributed by atoms with Gasteiger partial charge in [0, 0.05) is 5.48 Å². The smallest absolute Gasteiger partial charge is 0.343 e. The van der Waals surface area contributed by atoms with E-state index in [1.165, 1.54) is 0 Å². The minimum atomic E-state index is -3.21. The molecule has 0 aliphatic carbocycles. The van der Waals surface area contributed by atoms with Gasteiger partial charge in [-0.05, 0) is 13.8 Å². The lowest BCUT2D eigenvalue weighted by Gasteiger charge is -2.11. The third-order valence-corrected chi connectivity index (χ3v) is 0.729. The minimum absolute atomic E-state index is 1.22. The molecule has 0 spiro atoms. The van der Waals surface area contributed by atoms with Crippen LogP contribution in [0.15, 0.2) is 0 Å². The maximum Gasteiger partial charge on any atom is 0.343 e. The Balaban J connectivity index is 5.01. The quantitative estimate of drug-likeness (QED) is 0.394. The summed E-state index contributed by atoms with van der Waals surface area (Å²) in [7, 11) is 0. The molecule has 0 saturated heterocycles. The van der Waals surface area contributed by atoms with Crippen LogP contribution in [0.4, 0.5) is 0 Å². The molecular weight excluding hydrogens is 125 g/mol. The molecule has 1 unspecified atom stereocenters. The summed E-state index contributed by atoms with van der Waals surface area (Å²) in [4.78, 5) is 21.1. The van der Waals surface area contributed by atoms with E-state index < -0.39 is 31.1 Å². The van der Waals surface area contributed by atoms with Gasteiger partial charge in [-0.2, -0.15) is 0 Å². The molecular formula is C5H8O4. The van der Waals surface area contributed by atoms with Crippen molar-refractivity contribution >= 4 is 11.8 Å². The van der Waals surface area contributed by atoms with E-state index in [0.717, 1.165) is 0 Å². The van der Waals surface area contributed by atoms with Crippen molar-refractivity contribution in [3.8, 4) is 0 Å². The van der Waals surface area contributed by atoms with E-state index in [2.05, 4.69) is 0 Å². The van der Waals surface area contributed by atoms with Gasteiger partial charge in [0.1, 0.15) is 0 Å². The number of hydrogen-bond donors (Lipinski definition) is 2. The van der Waals surface area contributed by atoms with Crippen LogP contribution in [-0.4, -0.2) is 27.6 Å². The predicted molar refractivity (Wildman–Crippen MR) is 28.9 cm³/mol. The fourth-order valence-electron chi connectivity index (χ4n) is 0.0971. The predicted octanol–water partition coefficient (Wildman–Crippen LogP) is -0.589. The third-order valence-electron chi connectivity index (χ3n) is 0.729. The maximum absolute atomic E-state index is 10.8. The van der Waals surface area contributed by atoms with E-state index in [0.29, 0.717) is 0 Å². The lowest BCUT2D eigenvalue weighted by molar-refractivity contribution is -0.162. The molecule has 0 rings (SSSR count). The van der Waals surface area contributed by atoms with E-state index in [9.17, 15) is 9.59 Å². The second-order valence-corrected chi connectivity index (χ2v) is 1.49. The van der Waals surface area contributed by atoms with Crippen LogP contribution in [0.1, 0.15) is 19.2 Å². The Kier molecular flexibility index (Phi) is 0.790. The Morgan fingerprint density at radius 1 is 1.67 bits per heavy atom. The number of rotatable bonds is 2. The van der Waals surface area contributed by atoms with Gasteiger partial charge in [-0.15, -0.1) is 0 Å². The molecule has 0 amide bonds. The van der Waals surface area contributed by atoms with Crippen molar-refractivity contribution in [3.63, 3.8) is 0 Å². The number of hydrogen-bond acceptors (Lipinski definition) is 3. The summed E-state index contributed by atoms with van der Waals surface area (Å²) in [5.41, 5.74) is -3.13.